The van der Waals surface area contributed by atoms with Gasteiger partial charge in [-0.3, -0.25) is 9.52 Å². The van der Waals surface area contributed by atoms with Crippen molar-refractivity contribution in [1.82, 2.24) is 4.72 Å². The highest BCUT2D eigenvalue weighted by Gasteiger charge is 2.30. The Hall–Kier alpha value is -1.36. The molecular weight excluding hydrogens is 262 g/mol. The topological polar surface area (TPSA) is 63.2 Å². The van der Waals surface area contributed by atoms with Crippen LogP contribution in [0, 0.1) is 0 Å². The maximum atomic E-state index is 11.5. The number of carbonyl (C=O) groups is 1. The van der Waals surface area contributed by atoms with Gasteiger partial charge in [-0.2, -0.15) is 0 Å². The lowest BCUT2D eigenvalue weighted by Gasteiger charge is -2.24. The van der Waals surface area contributed by atoms with E-state index in [1.807, 2.05) is 29.0 Å². The van der Waals surface area contributed by atoms with Crippen molar-refractivity contribution >= 4 is 15.9 Å². The number of rotatable bonds is 1. The highest BCUT2D eigenvalue weighted by atomic mass is 32.2. The Kier molecular flexibility index (Phi) is 3.43. The largest absolute Gasteiger partial charge is 0.274 e. The van der Waals surface area contributed by atoms with Crippen molar-refractivity contribution in [2.75, 3.05) is 5.75 Å². The molecule has 19 heavy (non-hydrogen) atoms. The molecule has 1 amide bonds. The van der Waals surface area contributed by atoms with Gasteiger partial charge in [0.05, 0.1) is 5.75 Å². The van der Waals surface area contributed by atoms with Crippen molar-refractivity contribution in [2.45, 2.75) is 38.5 Å². The smallest absolute Gasteiger partial charge is 0.235 e. The van der Waals surface area contributed by atoms with E-state index in [0.29, 0.717) is 0 Å². The summed E-state index contributed by atoms with van der Waals surface area (Å²) in [5.74, 6) is -0.683. The highest BCUT2D eigenvalue weighted by Crippen LogP contribution is 2.28. The summed E-state index contributed by atoms with van der Waals surface area (Å²) in [5, 5.41) is 0. The maximum absolute atomic E-state index is 11.5. The molecule has 0 saturated carbocycles. The molecule has 1 saturated heterocycles. The fraction of sp³-hybridized carbons (Fsp3) is 0.500. The Morgan fingerprint density at radius 2 is 1.74 bits per heavy atom. The average Bonchev–Trinajstić information content (AvgIpc) is 2.25. The maximum Gasteiger partial charge on any atom is 0.235 e. The highest BCUT2D eigenvalue weighted by molar-refractivity contribution is 7.90. The second kappa shape index (κ2) is 4.63. The SMILES string of the molecule is CC(C)(C)c1ccc(C2CC(=O)NS(=O)(=O)C2)cc1. The minimum absolute atomic E-state index is 0.0202. The third-order valence-electron chi connectivity index (χ3n) is 3.37. The summed E-state index contributed by atoms with van der Waals surface area (Å²) in [4.78, 5) is 11.4. The van der Waals surface area contributed by atoms with Crippen molar-refractivity contribution < 1.29 is 13.2 Å². The van der Waals surface area contributed by atoms with Crippen LogP contribution in [-0.4, -0.2) is 20.1 Å². The fourth-order valence-electron chi connectivity index (χ4n) is 2.27. The number of sulfonamides is 1. The first-order valence-electron chi connectivity index (χ1n) is 6.31. The van der Waals surface area contributed by atoms with Crippen molar-refractivity contribution in [3.8, 4) is 0 Å². The molecule has 1 atom stereocenters. The molecule has 1 aliphatic rings. The zero-order valence-electron chi connectivity index (χ0n) is 11.4. The van der Waals surface area contributed by atoms with Crippen LogP contribution in [0.5, 0.6) is 0 Å². The summed E-state index contributed by atoms with van der Waals surface area (Å²) < 4.78 is 25.1. The van der Waals surface area contributed by atoms with Gasteiger partial charge in [0.1, 0.15) is 0 Å². The predicted octanol–water partition coefficient (Wildman–Crippen LogP) is 1.92. The van der Waals surface area contributed by atoms with Crippen LogP contribution in [0.1, 0.15) is 44.2 Å². The molecule has 0 aliphatic carbocycles. The van der Waals surface area contributed by atoms with Crippen LogP contribution in [0.4, 0.5) is 0 Å². The van der Waals surface area contributed by atoms with E-state index in [9.17, 15) is 13.2 Å². The first-order valence-corrected chi connectivity index (χ1v) is 7.96. The first-order chi connectivity index (χ1) is 8.67. The molecule has 1 heterocycles. The number of amides is 1. The van der Waals surface area contributed by atoms with E-state index in [1.54, 1.807) is 0 Å². The molecule has 1 N–H and O–H groups in total. The minimum Gasteiger partial charge on any atom is -0.274 e. The third kappa shape index (κ3) is 3.35. The van der Waals surface area contributed by atoms with Crippen LogP contribution in [0.15, 0.2) is 24.3 Å². The summed E-state index contributed by atoms with van der Waals surface area (Å²) in [6.45, 7) is 6.38. The lowest BCUT2D eigenvalue weighted by atomic mass is 9.85. The second-order valence-corrected chi connectivity index (χ2v) is 7.85. The van der Waals surface area contributed by atoms with Gasteiger partial charge in [0, 0.05) is 12.3 Å². The van der Waals surface area contributed by atoms with E-state index >= 15 is 0 Å². The van der Waals surface area contributed by atoms with Crippen molar-refractivity contribution in [3.63, 3.8) is 0 Å². The summed E-state index contributed by atoms with van der Waals surface area (Å²) in [7, 11) is -3.47. The van der Waals surface area contributed by atoms with Gasteiger partial charge in [0.2, 0.25) is 15.9 Å². The van der Waals surface area contributed by atoms with E-state index in [1.165, 1.54) is 5.56 Å². The van der Waals surface area contributed by atoms with Crippen LogP contribution in [0.25, 0.3) is 0 Å². The number of hydrogen-bond acceptors (Lipinski definition) is 3. The molecule has 1 fully saturated rings. The van der Waals surface area contributed by atoms with Crippen LogP contribution >= 0.6 is 0 Å². The molecule has 2 rings (SSSR count). The van der Waals surface area contributed by atoms with Crippen molar-refractivity contribution in [3.05, 3.63) is 35.4 Å². The van der Waals surface area contributed by atoms with E-state index in [-0.39, 0.29) is 23.5 Å². The minimum atomic E-state index is -3.47. The van der Waals surface area contributed by atoms with E-state index in [0.717, 1.165) is 5.56 Å². The molecule has 104 valence electrons. The van der Waals surface area contributed by atoms with Gasteiger partial charge in [-0.05, 0) is 16.5 Å². The van der Waals surface area contributed by atoms with Gasteiger partial charge in [-0.1, -0.05) is 45.0 Å². The summed E-state index contributed by atoms with van der Waals surface area (Å²) in [5.41, 5.74) is 2.17. The van der Waals surface area contributed by atoms with Gasteiger partial charge in [-0.25, -0.2) is 8.42 Å². The zero-order valence-corrected chi connectivity index (χ0v) is 12.3. The summed E-state index contributed by atoms with van der Waals surface area (Å²) in [6.07, 6.45) is 0.230. The predicted molar refractivity (Wildman–Crippen MR) is 74.4 cm³/mol. The molecule has 0 radical (unpaired) electrons. The standard InChI is InChI=1S/C14H19NO3S/c1-14(2,3)12-6-4-10(5-7-12)11-8-13(16)15-19(17,18)9-11/h4-7,11H,8-9H2,1-3H3,(H,15,16). The first kappa shape index (κ1) is 14.1. The van der Waals surface area contributed by atoms with Gasteiger partial charge < -0.3 is 0 Å². The number of benzene rings is 1. The Morgan fingerprint density at radius 1 is 1.16 bits per heavy atom. The molecular formula is C14H19NO3S. The molecule has 0 aromatic heterocycles. The molecule has 1 unspecified atom stereocenters. The Labute approximate surface area is 114 Å². The lowest BCUT2D eigenvalue weighted by molar-refractivity contribution is -0.119. The molecule has 1 aliphatic heterocycles. The Morgan fingerprint density at radius 3 is 2.21 bits per heavy atom. The summed E-state index contributed by atoms with van der Waals surface area (Å²) >= 11 is 0. The molecule has 4 nitrogen and oxygen atoms in total. The number of hydrogen-bond donors (Lipinski definition) is 1. The summed E-state index contributed by atoms with van der Waals surface area (Å²) in [6, 6.07) is 7.88. The number of nitrogens with one attached hydrogen (secondary N) is 1. The van der Waals surface area contributed by atoms with Crippen LogP contribution in [-0.2, 0) is 20.2 Å². The molecule has 1 aromatic rings. The monoisotopic (exact) mass is 281 g/mol. The van der Waals surface area contributed by atoms with E-state index < -0.39 is 15.9 Å². The Balaban J connectivity index is 2.25. The van der Waals surface area contributed by atoms with Crippen molar-refractivity contribution in [2.24, 2.45) is 0 Å². The number of carbonyl (C=O) groups excluding carboxylic acids is 1. The van der Waals surface area contributed by atoms with E-state index in [4.69, 9.17) is 0 Å². The Bertz CT molecular complexity index is 582. The van der Waals surface area contributed by atoms with Gasteiger partial charge in [0.15, 0.2) is 0 Å². The third-order valence-corrected chi connectivity index (χ3v) is 4.75. The molecule has 0 bridgehead atoms. The zero-order chi connectivity index (χ0) is 14.3. The van der Waals surface area contributed by atoms with Crippen LogP contribution in [0.3, 0.4) is 0 Å². The molecule has 5 heteroatoms. The van der Waals surface area contributed by atoms with Gasteiger partial charge in [-0.15, -0.1) is 0 Å². The lowest BCUT2D eigenvalue weighted by Crippen LogP contribution is -2.40. The van der Waals surface area contributed by atoms with Crippen LogP contribution < -0.4 is 4.72 Å². The average molecular weight is 281 g/mol. The van der Waals surface area contributed by atoms with Crippen LogP contribution in [0.2, 0.25) is 0 Å². The van der Waals surface area contributed by atoms with Gasteiger partial charge >= 0.3 is 0 Å². The normalized spacial score (nSPS) is 22.9. The van der Waals surface area contributed by atoms with Gasteiger partial charge in [0.25, 0.3) is 0 Å². The molecule has 1 aromatic carbocycles. The molecule has 0 spiro atoms. The quantitative estimate of drug-likeness (QED) is 0.855. The van der Waals surface area contributed by atoms with E-state index in [2.05, 4.69) is 20.8 Å². The second-order valence-electron chi connectivity index (χ2n) is 6.08. The van der Waals surface area contributed by atoms with Crippen molar-refractivity contribution in [1.29, 1.82) is 0 Å². The fourth-order valence-corrected chi connectivity index (χ4v) is 3.63.